The predicted octanol–water partition coefficient (Wildman–Crippen LogP) is 1.99. The Morgan fingerprint density at radius 2 is 1.64 bits per heavy atom. The van der Waals surface area contributed by atoms with Gasteiger partial charge in [-0.1, -0.05) is 27.2 Å². The second-order valence-electron chi connectivity index (χ2n) is 3.62. The molecule has 4 heteroatoms. The van der Waals surface area contributed by atoms with Crippen LogP contribution in [0.25, 0.3) is 0 Å². The van der Waals surface area contributed by atoms with E-state index in [0.29, 0.717) is 6.42 Å². The van der Waals surface area contributed by atoms with Crippen molar-refractivity contribution in [2.24, 2.45) is 11.3 Å². The molecule has 82 valence electrons. The molecule has 2 N–H and O–H groups in total. The van der Waals surface area contributed by atoms with Crippen LogP contribution < -0.4 is 0 Å². The molecule has 0 aromatic heterocycles. The molecule has 0 radical (unpaired) electrons. The Bertz CT molecular complexity index is 208. The second kappa shape index (κ2) is 4.98. The standard InChI is InChI=1S/C10H18O4/c1-4-6-7(3)10(5-2,8(11)12)9(13)14/h7H,4-6H2,1-3H3,(H,11,12)(H,13,14)/t7-/m1/s1. The van der Waals surface area contributed by atoms with Crippen molar-refractivity contribution in [3.05, 3.63) is 0 Å². The SMILES string of the molecule is CCC[C@@H](C)C(CC)(C(=O)O)C(=O)O. The van der Waals surface area contributed by atoms with Crippen LogP contribution in [-0.4, -0.2) is 22.2 Å². The maximum Gasteiger partial charge on any atom is 0.321 e. The van der Waals surface area contributed by atoms with Crippen molar-refractivity contribution in [1.29, 1.82) is 0 Å². The van der Waals surface area contributed by atoms with E-state index in [1.54, 1.807) is 13.8 Å². The summed E-state index contributed by atoms with van der Waals surface area (Å²) in [6.45, 7) is 5.21. The van der Waals surface area contributed by atoms with E-state index in [1.807, 2.05) is 6.92 Å². The molecule has 0 aliphatic rings. The van der Waals surface area contributed by atoms with Gasteiger partial charge in [0.05, 0.1) is 0 Å². The number of carboxylic acid groups (broad SMARTS) is 2. The van der Waals surface area contributed by atoms with Crippen LogP contribution in [0.5, 0.6) is 0 Å². The Morgan fingerprint density at radius 3 is 1.86 bits per heavy atom. The highest BCUT2D eigenvalue weighted by Crippen LogP contribution is 2.35. The van der Waals surface area contributed by atoms with E-state index in [-0.39, 0.29) is 12.3 Å². The van der Waals surface area contributed by atoms with Crippen LogP contribution in [0.2, 0.25) is 0 Å². The van der Waals surface area contributed by atoms with Gasteiger partial charge >= 0.3 is 11.9 Å². The highest BCUT2D eigenvalue weighted by molar-refractivity contribution is 5.98. The summed E-state index contributed by atoms with van der Waals surface area (Å²) in [4.78, 5) is 22.1. The lowest BCUT2D eigenvalue weighted by molar-refractivity contribution is -0.169. The van der Waals surface area contributed by atoms with E-state index in [1.165, 1.54) is 0 Å². The lowest BCUT2D eigenvalue weighted by atomic mass is 9.72. The van der Waals surface area contributed by atoms with Crippen LogP contribution in [0.1, 0.15) is 40.0 Å². The van der Waals surface area contributed by atoms with E-state index >= 15 is 0 Å². The molecular formula is C10H18O4. The molecule has 0 aliphatic carbocycles. The highest BCUT2D eigenvalue weighted by atomic mass is 16.4. The van der Waals surface area contributed by atoms with Gasteiger partial charge in [-0.2, -0.15) is 0 Å². The first-order valence-electron chi connectivity index (χ1n) is 4.90. The summed E-state index contributed by atoms with van der Waals surface area (Å²) in [6, 6.07) is 0. The molecule has 0 spiro atoms. The van der Waals surface area contributed by atoms with E-state index in [2.05, 4.69) is 0 Å². The first-order valence-corrected chi connectivity index (χ1v) is 4.90. The molecule has 0 bridgehead atoms. The first kappa shape index (κ1) is 12.9. The topological polar surface area (TPSA) is 74.6 Å². The minimum absolute atomic E-state index is 0.124. The molecule has 0 fully saturated rings. The second-order valence-corrected chi connectivity index (χ2v) is 3.62. The molecule has 14 heavy (non-hydrogen) atoms. The third-order valence-corrected chi connectivity index (χ3v) is 2.88. The zero-order valence-corrected chi connectivity index (χ0v) is 8.91. The van der Waals surface area contributed by atoms with Gasteiger partial charge in [0.25, 0.3) is 0 Å². The van der Waals surface area contributed by atoms with Gasteiger partial charge in [-0.15, -0.1) is 0 Å². The average Bonchev–Trinajstić information content (AvgIpc) is 2.05. The van der Waals surface area contributed by atoms with Crippen molar-refractivity contribution in [3.63, 3.8) is 0 Å². The maximum absolute atomic E-state index is 11.0. The van der Waals surface area contributed by atoms with Gasteiger partial charge in [0.15, 0.2) is 5.41 Å². The average molecular weight is 202 g/mol. The Labute approximate surface area is 83.9 Å². The lowest BCUT2D eigenvalue weighted by Crippen LogP contribution is -2.44. The molecule has 0 unspecified atom stereocenters. The molecule has 4 nitrogen and oxygen atoms in total. The Morgan fingerprint density at radius 1 is 1.21 bits per heavy atom. The summed E-state index contributed by atoms with van der Waals surface area (Å²) < 4.78 is 0. The van der Waals surface area contributed by atoms with Gasteiger partial charge in [-0.3, -0.25) is 9.59 Å². The number of rotatable bonds is 6. The maximum atomic E-state index is 11.0. The number of aliphatic carboxylic acids is 2. The molecule has 0 saturated heterocycles. The quantitative estimate of drug-likeness (QED) is 0.646. The zero-order chi connectivity index (χ0) is 11.4. The largest absolute Gasteiger partial charge is 0.480 e. The van der Waals surface area contributed by atoms with Crippen molar-refractivity contribution in [2.45, 2.75) is 40.0 Å². The summed E-state index contributed by atoms with van der Waals surface area (Å²) in [5.74, 6) is -2.80. The number of carbonyl (C=O) groups is 2. The molecule has 0 aromatic rings. The van der Waals surface area contributed by atoms with Crippen LogP contribution in [-0.2, 0) is 9.59 Å². The highest BCUT2D eigenvalue weighted by Gasteiger charge is 2.48. The predicted molar refractivity (Wildman–Crippen MR) is 52.1 cm³/mol. The molecule has 0 aliphatic heterocycles. The van der Waals surface area contributed by atoms with Gasteiger partial charge in [-0.25, -0.2) is 0 Å². The smallest absolute Gasteiger partial charge is 0.321 e. The van der Waals surface area contributed by atoms with Gasteiger partial charge < -0.3 is 10.2 Å². The van der Waals surface area contributed by atoms with Crippen molar-refractivity contribution < 1.29 is 19.8 Å². The normalized spacial score (nSPS) is 13.6. The molecule has 0 aromatic carbocycles. The molecule has 0 rings (SSSR count). The summed E-state index contributed by atoms with van der Waals surface area (Å²) >= 11 is 0. The molecule has 1 atom stereocenters. The molecule has 0 saturated carbocycles. The minimum Gasteiger partial charge on any atom is -0.480 e. The summed E-state index contributed by atoms with van der Waals surface area (Å²) in [6.07, 6.45) is 1.54. The van der Waals surface area contributed by atoms with Crippen molar-refractivity contribution in [2.75, 3.05) is 0 Å². The van der Waals surface area contributed by atoms with E-state index in [0.717, 1.165) is 6.42 Å². The number of carboxylic acids is 2. The molecule has 0 heterocycles. The monoisotopic (exact) mass is 202 g/mol. The first-order chi connectivity index (χ1) is 6.43. The third-order valence-electron chi connectivity index (χ3n) is 2.88. The number of hydrogen-bond donors (Lipinski definition) is 2. The van der Waals surface area contributed by atoms with Crippen LogP contribution in [0.4, 0.5) is 0 Å². The summed E-state index contributed by atoms with van der Waals surface area (Å²) in [7, 11) is 0. The van der Waals surface area contributed by atoms with Gasteiger partial charge in [-0.05, 0) is 18.8 Å². The molecule has 0 amide bonds. The van der Waals surface area contributed by atoms with Gasteiger partial charge in [0, 0.05) is 0 Å². The Kier molecular flexibility index (Phi) is 4.60. The minimum atomic E-state index is -1.62. The van der Waals surface area contributed by atoms with Gasteiger partial charge in [0.2, 0.25) is 0 Å². The fourth-order valence-corrected chi connectivity index (χ4v) is 1.84. The van der Waals surface area contributed by atoms with Gasteiger partial charge in [0.1, 0.15) is 0 Å². The Balaban J connectivity index is 5.03. The fourth-order valence-electron chi connectivity index (χ4n) is 1.84. The fraction of sp³-hybridized carbons (Fsp3) is 0.800. The van der Waals surface area contributed by atoms with Crippen molar-refractivity contribution in [3.8, 4) is 0 Å². The van der Waals surface area contributed by atoms with E-state index in [4.69, 9.17) is 10.2 Å². The zero-order valence-electron chi connectivity index (χ0n) is 8.91. The van der Waals surface area contributed by atoms with Crippen molar-refractivity contribution in [1.82, 2.24) is 0 Å². The van der Waals surface area contributed by atoms with Crippen LogP contribution in [0, 0.1) is 11.3 Å². The summed E-state index contributed by atoms with van der Waals surface area (Å²) in [5.41, 5.74) is -1.62. The van der Waals surface area contributed by atoms with E-state index in [9.17, 15) is 9.59 Å². The third kappa shape index (κ3) is 2.05. The Hall–Kier alpha value is -1.06. The van der Waals surface area contributed by atoms with Crippen LogP contribution >= 0.6 is 0 Å². The number of hydrogen-bond acceptors (Lipinski definition) is 2. The summed E-state index contributed by atoms with van der Waals surface area (Å²) in [5, 5.41) is 18.0. The lowest BCUT2D eigenvalue weighted by Gasteiger charge is -2.29. The van der Waals surface area contributed by atoms with Crippen LogP contribution in [0.3, 0.4) is 0 Å². The van der Waals surface area contributed by atoms with Crippen molar-refractivity contribution >= 4 is 11.9 Å². The van der Waals surface area contributed by atoms with E-state index < -0.39 is 17.4 Å². The van der Waals surface area contributed by atoms with Crippen LogP contribution in [0.15, 0.2) is 0 Å². The molecular weight excluding hydrogens is 184 g/mol.